The fraction of sp³-hybridized carbons (Fsp3) is 0.250. The quantitative estimate of drug-likeness (QED) is 0.496. The summed E-state index contributed by atoms with van der Waals surface area (Å²) < 4.78 is 11.6. The van der Waals surface area contributed by atoms with Crippen LogP contribution in [0.3, 0.4) is 0 Å². The van der Waals surface area contributed by atoms with Gasteiger partial charge in [-0.1, -0.05) is 0 Å². The molecule has 0 radical (unpaired) electrons. The number of aryl methyl sites for hydroxylation is 3. The normalized spacial score (nSPS) is 11.9. The van der Waals surface area contributed by atoms with E-state index in [1.165, 1.54) is 0 Å². The van der Waals surface area contributed by atoms with Crippen molar-refractivity contribution in [2.24, 2.45) is 0 Å². The number of hydrogen-bond donors (Lipinski definition) is 1. The molecule has 0 aliphatic carbocycles. The maximum atomic E-state index is 9.52. The van der Waals surface area contributed by atoms with Gasteiger partial charge in [0.1, 0.15) is 29.4 Å². The van der Waals surface area contributed by atoms with Crippen molar-refractivity contribution in [2.45, 2.75) is 33.8 Å². The van der Waals surface area contributed by atoms with Gasteiger partial charge in [-0.05, 0) is 69.2 Å². The van der Waals surface area contributed by atoms with E-state index in [4.69, 9.17) is 9.47 Å². The summed E-state index contributed by atoms with van der Waals surface area (Å²) in [5, 5.41) is 26.1. The van der Waals surface area contributed by atoms with Crippen LogP contribution in [-0.4, -0.2) is 27.5 Å². The number of nitrogens with one attached hydrogen (secondary N) is 1. The maximum Gasteiger partial charge on any atom is 0.139 e. The minimum absolute atomic E-state index is 0.184. The predicted molar refractivity (Wildman–Crippen MR) is 118 cm³/mol. The molecule has 0 saturated carbocycles. The summed E-state index contributed by atoms with van der Waals surface area (Å²) in [6, 6.07) is 11.8. The summed E-state index contributed by atoms with van der Waals surface area (Å²) in [4.78, 5) is 0. The van der Waals surface area contributed by atoms with Crippen molar-refractivity contribution in [3.05, 3.63) is 64.5 Å². The van der Waals surface area contributed by atoms with Crippen LogP contribution < -0.4 is 9.47 Å². The van der Waals surface area contributed by atoms with Gasteiger partial charge in [0.25, 0.3) is 0 Å². The highest BCUT2D eigenvalue weighted by atomic mass is 16.5. The highest BCUT2D eigenvalue weighted by Gasteiger charge is 2.17. The number of nitriles is 1. The van der Waals surface area contributed by atoms with Crippen LogP contribution in [0.25, 0.3) is 22.2 Å². The van der Waals surface area contributed by atoms with E-state index in [0.29, 0.717) is 11.3 Å². The van der Waals surface area contributed by atoms with Gasteiger partial charge in [-0.2, -0.15) is 20.6 Å². The van der Waals surface area contributed by atoms with Gasteiger partial charge in [0.05, 0.1) is 30.1 Å². The van der Waals surface area contributed by atoms with Crippen LogP contribution in [-0.2, 0) is 0 Å². The molecule has 0 unspecified atom stereocenters. The third kappa shape index (κ3) is 3.68. The summed E-state index contributed by atoms with van der Waals surface area (Å²) in [5.74, 6) is 1.31. The number of rotatable bonds is 5. The van der Waals surface area contributed by atoms with E-state index in [1.54, 1.807) is 19.4 Å². The van der Waals surface area contributed by atoms with Crippen molar-refractivity contribution >= 4 is 10.9 Å². The zero-order valence-corrected chi connectivity index (χ0v) is 18.1. The first kappa shape index (κ1) is 20.4. The molecule has 4 aromatic rings. The van der Waals surface area contributed by atoms with Gasteiger partial charge in [-0.15, -0.1) is 0 Å². The molecule has 1 atom stereocenters. The third-order valence-corrected chi connectivity index (χ3v) is 5.40. The number of fused-ring (bicyclic) bond motifs is 1. The van der Waals surface area contributed by atoms with Gasteiger partial charge < -0.3 is 9.47 Å². The molecular formula is C24H23N5O2. The van der Waals surface area contributed by atoms with E-state index < -0.39 is 0 Å². The SMILES string of the molecule is COc1c(C)cc(-c2n[nH]c3ccc(O[C@H](C)c4c(C)cnnc4C)cc23)cc1C#N. The van der Waals surface area contributed by atoms with E-state index in [1.807, 2.05) is 52.0 Å². The van der Waals surface area contributed by atoms with Crippen molar-refractivity contribution in [3.63, 3.8) is 0 Å². The number of nitrogens with zero attached hydrogens (tertiary/aromatic N) is 4. The lowest BCUT2D eigenvalue weighted by atomic mass is 10.0. The second-order valence-corrected chi connectivity index (χ2v) is 7.55. The molecule has 0 aliphatic rings. The lowest BCUT2D eigenvalue weighted by Crippen LogP contribution is -2.09. The Kier molecular flexibility index (Phi) is 5.30. The zero-order valence-electron chi connectivity index (χ0n) is 18.1. The van der Waals surface area contributed by atoms with Crippen molar-refractivity contribution in [1.29, 1.82) is 5.26 Å². The Balaban J connectivity index is 1.74. The predicted octanol–water partition coefficient (Wildman–Crippen LogP) is 4.97. The van der Waals surface area contributed by atoms with E-state index in [0.717, 1.165) is 50.3 Å². The lowest BCUT2D eigenvalue weighted by Gasteiger charge is -2.18. The molecule has 2 aromatic heterocycles. The highest BCUT2D eigenvalue weighted by molar-refractivity contribution is 5.94. The van der Waals surface area contributed by atoms with Crippen molar-refractivity contribution in [3.8, 4) is 28.8 Å². The van der Waals surface area contributed by atoms with Crippen LogP contribution >= 0.6 is 0 Å². The number of aromatic nitrogens is 4. The molecule has 0 aliphatic heterocycles. The average molecular weight is 413 g/mol. The Bertz CT molecular complexity index is 1300. The molecule has 0 spiro atoms. The first-order chi connectivity index (χ1) is 14.9. The van der Waals surface area contributed by atoms with Crippen molar-refractivity contribution in [2.75, 3.05) is 7.11 Å². The molecule has 1 N–H and O–H groups in total. The van der Waals surface area contributed by atoms with Gasteiger partial charge in [0, 0.05) is 16.5 Å². The highest BCUT2D eigenvalue weighted by Crippen LogP contribution is 2.35. The van der Waals surface area contributed by atoms with Gasteiger partial charge in [-0.3, -0.25) is 5.10 Å². The minimum atomic E-state index is -0.184. The Morgan fingerprint density at radius 3 is 2.61 bits per heavy atom. The summed E-state index contributed by atoms with van der Waals surface area (Å²) in [6.07, 6.45) is 1.56. The number of ether oxygens (including phenoxy) is 2. The van der Waals surface area contributed by atoms with Crippen LogP contribution in [0.4, 0.5) is 0 Å². The molecule has 7 heteroatoms. The molecule has 31 heavy (non-hydrogen) atoms. The molecule has 4 rings (SSSR count). The summed E-state index contributed by atoms with van der Waals surface area (Å²) in [6.45, 7) is 7.86. The molecule has 2 aromatic carbocycles. The van der Waals surface area contributed by atoms with Crippen molar-refractivity contribution in [1.82, 2.24) is 20.4 Å². The summed E-state index contributed by atoms with van der Waals surface area (Å²) in [5.41, 5.74) is 6.78. The molecule has 0 saturated heterocycles. The molecule has 156 valence electrons. The Morgan fingerprint density at radius 1 is 1.10 bits per heavy atom. The van der Waals surface area contributed by atoms with E-state index in [2.05, 4.69) is 26.5 Å². The summed E-state index contributed by atoms with van der Waals surface area (Å²) in [7, 11) is 1.57. The molecule has 2 heterocycles. The van der Waals surface area contributed by atoms with E-state index in [9.17, 15) is 5.26 Å². The second-order valence-electron chi connectivity index (χ2n) is 7.55. The van der Waals surface area contributed by atoms with Crippen LogP contribution in [0.15, 0.2) is 36.5 Å². The van der Waals surface area contributed by atoms with Crippen molar-refractivity contribution < 1.29 is 9.47 Å². The van der Waals surface area contributed by atoms with Gasteiger partial charge >= 0.3 is 0 Å². The Hall–Kier alpha value is -3.92. The molecule has 7 nitrogen and oxygen atoms in total. The smallest absolute Gasteiger partial charge is 0.139 e. The average Bonchev–Trinajstić information content (AvgIpc) is 3.16. The molecular weight excluding hydrogens is 390 g/mol. The Morgan fingerprint density at radius 2 is 1.90 bits per heavy atom. The summed E-state index contributed by atoms with van der Waals surface area (Å²) >= 11 is 0. The molecule has 0 amide bonds. The third-order valence-electron chi connectivity index (χ3n) is 5.40. The standard InChI is InChI=1S/C24H23N5O2/c1-13-8-17(9-18(11-25)24(13)30-5)23-20-10-19(6-7-21(20)28-29-23)31-16(4)22-14(2)12-26-27-15(22)3/h6-10,12,16H,1-5H3,(H,28,29)/t16-/m1/s1. The number of aromatic amines is 1. The first-order valence-electron chi connectivity index (χ1n) is 9.95. The van der Waals surface area contributed by atoms with E-state index >= 15 is 0 Å². The Labute approximate surface area is 180 Å². The first-order valence-corrected chi connectivity index (χ1v) is 9.95. The largest absolute Gasteiger partial charge is 0.495 e. The molecule has 0 bridgehead atoms. The topological polar surface area (TPSA) is 96.7 Å². The zero-order chi connectivity index (χ0) is 22.1. The van der Waals surface area contributed by atoms with Gasteiger partial charge in [-0.25, -0.2) is 0 Å². The number of hydrogen-bond acceptors (Lipinski definition) is 6. The number of H-pyrrole nitrogens is 1. The number of benzene rings is 2. The fourth-order valence-electron chi connectivity index (χ4n) is 4.04. The van der Waals surface area contributed by atoms with Crippen LogP contribution in [0.2, 0.25) is 0 Å². The fourth-order valence-corrected chi connectivity index (χ4v) is 4.04. The minimum Gasteiger partial charge on any atom is -0.495 e. The van der Waals surface area contributed by atoms with Crippen LogP contribution in [0, 0.1) is 32.1 Å². The van der Waals surface area contributed by atoms with Crippen LogP contribution in [0.1, 0.15) is 41.0 Å². The second kappa shape index (κ2) is 8.07. The molecule has 0 fully saturated rings. The van der Waals surface area contributed by atoms with E-state index in [-0.39, 0.29) is 6.10 Å². The maximum absolute atomic E-state index is 9.52. The monoisotopic (exact) mass is 413 g/mol. The van der Waals surface area contributed by atoms with Crippen LogP contribution in [0.5, 0.6) is 11.5 Å². The lowest BCUT2D eigenvalue weighted by molar-refractivity contribution is 0.225. The van der Waals surface area contributed by atoms with Gasteiger partial charge in [0.2, 0.25) is 0 Å². The van der Waals surface area contributed by atoms with Gasteiger partial charge in [0.15, 0.2) is 0 Å². The number of methoxy groups -OCH3 is 1.